The largest absolute Gasteiger partial charge is 0.411 e. The zero-order chi connectivity index (χ0) is 18.5. The molecule has 0 N–H and O–H groups in total. The fourth-order valence-corrected chi connectivity index (χ4v) is 3.57. The van der Waals surface area contributed by atoms with Crippen molar-refractivity contribution < 1.29 is 14.0 Å². The van der Waals surface area contributed by atoms with Crippen molar-refractivity contribution in [2.24, 2.45) is 0 Å². The smallest absolute Gasteiger partial charge is 0.192 e. The molecule has 1 aromatic rings. The maximum Gasteiger partial charge on any atom is 0.192 e. The molecule has 2 rings (SSSR count). The van der Waals surface area contributed by atoms with Gasteiger partial charge in [0.05, 0.1) is 37.3 Å². The van der Waals surface area contributed by atoms with Gasteiger partial charge in [-0.25, -0.2) is 0 Å². The summed E-state index contributed by atoms with van der Waals surface area (Å²) in [7, 11) is -1.79. The van der Waals surface area contributed by atoms with Crippen molar-refractivity contribution in [1.82, 2.24) is 9.88 Å². The second kappa shape index (κ2) is 8.53. The van der Waals surface area contributed by atoms with Crippen LogP contribution in [0, 0.1) is 0 Å². The number of carbonyl (C=O) groups is 1. The minimum absolute atomic E-state index is 0.113. The fraction of sp³-hybridized carbons (Fsp3) is 0.684. The van der Waals surface area contributed by atoms with Crippen LogP contribution < -0.4 is 0 Å². The molecule has 1 saturated heterocycles. The number of aromatic nitrogens is 1. The number of pyridine rings is 1. The molecule has 0 aliphatic carbocycles. The van der Waals surface area contributed by atoms with Crippen molar-refractivity contribution in [2.45, 2.75) is 58.0 Å². The second-order valence-electron chi connectivity index (χ2n) is 8.18. The lowest BCUT2D eigenvalue weighted by molar-refractivity contribution is -0.108. The Balaban J connectivity index is 2.08. The predicted octanol–water partition coefficient (Wildman–Crippen LogP) is 3.57. The maximum absolute atomic E-state index is 10.7. The van der Waals surface area contributed by atoms with Crippen LogP contribution in [0.25, 0.3) is 0 Å². The van der Waals surface area contributed by atoms with Crippen LogP contribution in [-0.2, 0) is 20.6 Å². The van der Waals surface area contributed by atoms with Gasteiger partial charge in [-0.1, -0.05) is 26.8 Å². The Morgan fingerprint density at radius 3 is 2.84 bits per heavy atom. The van der Waals surface area contributed by atoms with Gasteiger partial charge in [-0.15, -0.1) is 0 Å². The first-order chi connectivity index (χ1) is 11.7. The van der Waals surface area contributed by atoms with Crippen molar-refractivity contribution in [3.05, 3.63) is 29.6 Å². The third-order valence-electron chi connectivity index (χ3n) is 5.33. The molecular formula is C19H32N2O3Si. The Labute approximate surface area is 152 Å². The van der Waals surface area contributed by atoms with Gasteiger partial charge in [-0.05, 0) is 30.3 Å². The minimum Gasteiger partial charge on any atom is -0.411 e. The van der Waals surface area contributed by atoms with Crippen LogP contribution in [0.5, 0.6) is 0 Å². The van der Waals surface area contributed by atoms with Crippen molar-refractivity contribution in [3.63, 3.8) is 0 Å². The van der Waals surface area contributed by atoms with Gasteiger partial charge in [0.1, 0.15) is 6.29 Å². The topological polar surface area (TPSA) is 51.7 Å². The van der Waals surface area contributed by atoms with Crippen molar-refractivity contribution in [3.8, 4) is 0 Å². The molecule has 2 heterocycles. The highest BCUT2D eigenvalue weighted by atomic mass is 28.4. The summed E-state index contributed by atoms with van der Waals surface area (Å²) >= 11 is 0. The zero-order valence-electron chi connectivity index (χ0n) is 16.2. The van der Waals surface area contributed by atoms with Gasteiger partial charge < -0.3 is 14.0 Å². The van der Waals surface area contributed by atoms with Crippen LogP contribution in [0.2, 0.25) is 18.1 Å². The summed E-state index contributed by atoms with van der Waals surface area (Å²) < 4.78 is 12.0. The summed E-state index contributed by atoms with van der Waals surface area (Å²) in [5, 5.41) is 0.188. The summed E-state index contributed by atoms with van der Waals surface area (Å²) in [6.45, 7) is 14.7. The molecule has 1 aromatic heterocycles. The Morgan fingerprint density at radius 2 is 2.16 bits per heavy atom. The number of carbonyl (C=O) groups excluding carboxylic acids is 1. The number of ether oxygens (including phenoxy) is 1. The van der Waals surface area contributed by atoms with Gasteiger partial charge in [-0.2, -0.15) is 0 Å². The molecule has 0 aromatic carbocycles. The average molecular weight is 365 g/mol. The van der Waals surface area contributed by atoms with Crippen molar-refractivity contribution >= 4 is 14.6 Å². The van der Waals surface area contributed by atoms with E-state index < -0.39 is 8.32 Å². The molecule has 6 heteroatoms. The fourth-order valence-electron chi connectivity index (χ4n) is 2.63. The van der Waals surface area contributed by atoms with Crippen molar-refractivity contribution in [1.29, 1.82) is 0 Å². The monoisotopic (exact) mass is 364 g/mol. The van der Waals surface area contributed by atoms with Crippen LogP contribution in [0.3, 0.4) is 0 Å². The van der Waals surface area contributed by atoms with Crippen LogP contribution in [0.15, 0.2) is 18.2 Å². The summed E-state index contributed by atoms with van der Waals surface area (Å²) in [5.41, 5.74) is 1.96. The van der Waals surface area contributed by atoms with Gasteiger partial charge >= 0.3 is 0 Å². The lowest BCUT2D eigenvalue weighted by Gasteiger charge is -2.36. The van der Waals surface area contributed by atoms with Gasteiger partial charge in [-0.3, -0.25) is 9.88 Å². The quantitative estimate of drug-likeness (QED) is 0.547. The van der Waals surface area contributed by atoms with Gasteiger partial charge in [0.25, 0.3) is 0 Å². The number of aldehydes is 1. The first kappa shape index (κ1) is 20.2. The summed E-state index contributed by atoms with van der Waals surface area (Å²) in [5.74, 6) is 0. The van der Waals surface area contributed by atoms with E-state index in [1.54, 1.807) is 0 Å². The molecule has 140 valence electrons. The van der Waals surface area contributed by atoms with Gasteiger partial charge in [0.15, 0.2) is 8.32 Å². The summed E-state index contributed by atoms with van der Waals surface area (Å²) in [4.78, 5) is 17.8. The second-order valence-corrected chi connectivity index (χ2v) is 13.0. The number of nitrogens with zero attached hydrogens (tertiary/aromatic N) is 2. The highest BCUT2D eigenvalue weighted by molar-refractivity contribution is 6.74. The Morgan fingerprint density at radius 1 is 1.40 bits per heavy atom. The molecular weight excluding hydrogens is 332 g/mol. The maximum atomic E-state index is 10.7. The van der Waals surface area contributed by atoms with E-state index in [0.29, 0.717) is 26.2 Å². The lowest BCUT2D eigenvalue weighted by atomic mass is 10.1. The number of rotatable bonds is 7. The molecule has 1 unspecified atom stereocenters. The Kier molecular flexibility index (Phi) is 6.91. The molecule has 1 atom stereocenters. The van der Waals surface area contributed by atoms with E-state index >= 15 is 0 Å². The third-order valence-corrected chi connectivity index (χ3v) is 9.81. The Hall–Kier alpha value is -1.08. The van der Waals surface area contributed by atoms with E-state index in [-0.39, 0.29) is 11.1 Å². The summed E-state index contributed by atoms with van der Waals surface area (Å²) in [6.07, 6.45) is 1.52. The molecule has 1 aliphatic heterocycles. The average Bonchev–Trinajstić information content (AvgIpc) is 2.58. The molecule has 25 heavy (non-hydrogen) atoms. The lowest BCUT2D eigenvalue weighted by Crippen LogP contribution is -2.41. The highest BCUT2D eigenvalue weighted by Crippen LogP contribution is 2.37. The van der Waals surface area contributed by atoms with Gasteiger partial charge in [0, 0.05) is 19.5 Å². The van der Waals surface area contributed by atoms with Crippen LogP contribution in [0.4, 0.5) is 0 Å². The van der Waals surface area contributed by atoms with Crippen LogP contribution in [0.1, 0.15) is 44.6 Å². The number of hydrogen-bond acceptors (Lipinski definition) is 5. The molecule has 0 spiro atoms. The third kappa shape index (κ3) is 5.44. The molecule has 0 radical (unpaired) electrons. The predicted molar refractivity (Wildman–Crippen MR) is 102 cm³/mol. The van der Waals surface area contributed by atoms with E-state index in [4.69, 9.17) is 14.1 Å². The van der Waals surface area contributed by atoms with E-state index in [9.17, 15) is 4.79 Å². The van der Waals surface area contributed by atoms with E-state index in [1.807, 2.05) is 18.2 Å². The normalized spacial score (nSPS) is 19.8. The van der Waals surface area contributed by atoms with Crippen LogP contribution >= 0.6 is 0 Å². The first-order valence-corrected chi connectivity index (χ1v) is 12.0. The van der Waals surface area contributed by atoms with Gasteiger partial charge in [0.2, 0.25) is 0 Å². The Bertz CT molecular complexity index is 572. The van der Waals surface area contributed by atoms with Crippen LogP contribution in [-0.4, -0.2) is 50.8 Å². The molecule has 0 bridgehead atoms. The molecule has 0 saturated carbocycles. The number of hydrogen-bond donors (Lipinski definition) is 0. The zero-order valence-corrected chi connectivity index (χ0v) is 17.2. The SMILES string of the molecule is CC(C)(C)[Si](C)(C)OCc1cccc(C2COCCN2CCC=O)n1. The summed E-state index contributed by atoms with van der Waals surface area (Å²) in [6, 6.07) is 6.22. The van der Waals surface area contributed by atoms with E-state index in [0.717, 1.165) is 30.8 Å². The highest BCUT2D eigenvalue weighted by Gasteiger charge is 2.37. The molecule has 5 nitrogen and oxygen atoms in total. The molecule has 1 aliphatic rings. The first-order valence-electron chi connectivity index (χ1n) is 9.10. The number of morpholine rings is 1. The van der Waals surface area contributed by atoms with Crippen molar-refractivity contribution in [2.75, 3.05) is 26.3 Å². The minimum atomic E-state index is -1.79. The molecule has 1 fully saturated rings. The van der Waals surface area contributed by atoms with E-state index in [2.05, 4.69) is 38.8 Å². The standard InChI is InChI=1S/C19H32N2O3Si/c1-19(2,3)25(4,5)24-14-16-8-6-9-17(20-16)18-15-23-13-11-21(18)10-7-12-22/h6,8-9,12,18H,7,10-11,13-15H2,1-5H3. The molecule has 0 amide bonds. The van der Waals surface area contributed by atoms with E-state index in [1.165, 1.54) is 0 Å².